The van der Waals surface area contributed by atoms with Crippen molar-refractivity contribution in [3.63, 3.8) is 0 Å². The predicted octanol–water partition coefficient (Wildman–Crippen LogP) is 4.33. The molecule has 1 aliphatic carbocycles. The lowest BCUT2D eigenvalue weighted by Gasteiger charge is -2.22. The van der Waals surface area contributed by atoms with Crippen LogP contribution in [0.3, 0.4) is 0 Å². The zero-order chi connectivity index (χ0) is 21.1. The summed E-state index contributed by atoms with van der Waals surface area (Å²) >= 11 is 6.29. The van der Waals surface area contributed by atoms with Gasteiger partial charge in [0.05, 0.1) is 19.2 Å². The second-order valence-electron chi connectivity index (χ2n) is 7.24. The third-order valence-electron chi connectivity index (χ3n) is 5.14. The number of benzene rings is 2. The van der Waals surface area contributed by atoms with E-state index in [0.717, 1.165) is 29.7 Å². The minimum Gasteiger partial charge on any atom is -0.497 e. The standard InChI is InChI=1S/C23H24ClNO5/c1-27-18-7-4-16(20(13-18)28-2)14-25(17-5-6-17)22(26)8-3-15-11-19(24)23-21(12-15)29-9-10-30-23/h3-4,7-8,11-13,17H,5-6,9-10,14H2,1-2H3. The van der Waals surface area contributed by atoms with Gasteiger partial charge in [-0.1, -0.05) is 11.6 Å². The van der Waals surface area contributed by atoms with E-state index in [9.17, 15) is 4.79 Å². The molecule has 6 nitrogen and oxygen atoms in total. The summed E-state index contributed by atoms with van der Waals surface area (Å²) < 4.78 is 21.9. The zero-order valence-electron chi connectivity index (χ0n) is 17.0. The molecule has 0 atom stereocenters. The fourth-order valence-corrected chi connectivity index (χ4v) is 3.70. The molecular formula is C23H24ClNO5. The van der Waals surface area contributed by atoms with Crippen molar-refractivity contribution in [3.8, 4) is 23.0 Å². The molecule has 30 heavy (non-hydrogen) atoms. The maximum Gasteiger partial charge on any atom is 0.247 e. The van der Waals surface area contributed by atoms with Crippen LogP contribution in [0.5, 0.6) is 23.0 Å². The van der Waals surface area contributed by atoms with Gasteiger partial charge in [-0.15, -0.1) is 0 Å². The largest absolute Gasteiger partial charge is 0.497 e. The summed E-state index contributed by atoms with van der Waals surface area (Å²) in [4.78, 5) is 14.9. The quantitative estimate of drug-likeness (QED) is 0.613. The van der Waals surface area contributed by atoms with Crippen molar-refractivity contribution in [2.24, 2.45) is 0 Å². The normalized spacial score (nSPS) is 15.2. The Labute approximate surface area is 180 Å². The highest BCUT2D eigenvalue weighted by Gasteiger charge is 2.32. The molecule has 0 radical (unpaired) electrons. The summed E-state index contributed by atoms with van der Waals surface area (Å²) in [5.74, 6) is 2.52. The molecule has 4 rings (SSSR count). The molecule has 0 bridgehead atoms. The first-order valence-electron chi connectivity index (χ1n) is 9.87. The average molecular weight is 430 g/mol. The van der Waals surface area contributed by atoms with Crippen molar-refractivity contribution in [1.29, 1.82) is 0 Å². The topological polar surface area (TPSA) is 57.2 Å². The Bertz CT molecular complexity index is 970. The van der Waals surface area contributed by atoms with Crippen LogP contribution >= 0.6 is 11.6 Å². The van der Waals surface area contributed by atoms with Crippen LogP contribution in [0, 0.1) is 0 Å². The van der Waals surface area contributed by atoms with E-state index < -0.39 is 0 Å². The van der Waals surface area contributed by atoms with Gasteiger partial charge in [-0.25, -0.2) is 0 Å². The van der Waals surface area contributed by atoms with Gasteiger partial charge in [-0.05, 0) is 48.7 Å². The molecule has 2 aromatic rings. The molecule has 2 aliphatic rings. The van der Waals surface area contributed by atoms with Crippen LogP contribution in [-0.2, 0) is 11.3 Å². The van der Waals surface area contributed by atoms with Crippen LogP contribution in [0.15, 0.2) is 36.4 Å². The number of rotatable bonds is 7. The highest BCUT2D eigenvalue weighted by atomic mass is 35.5. The van der Waals surface area contributed by atoms with Crippen molar-refractivity contribution in [1.82, 2.24) is 4.90 Å². The van der Waals surface area contributed by atoms with Gasteiger partial charge < -0.3 is 23.8 Å². The number of hydrogen-bond acceptors (Lipinski definition) is 5. The maximum atomic E-state index is 13.0. The van der Waals surface area contributed by atoms with E-state index in [-0.39, 0.29) is 11.9 Å². The summed E-state index contributed by atoms with van der Waals surface area (Å²) in [6.07, 6.45) is 5.35. The monoisotopic (exact) mass is 429 g/mol. The zero-order valence-corrected chi connectivity index (χ0v) is 17.8. The van der Waals surface area contributed by atoms with E-state index in [1.54, 1.807) is 32.4 Å². The smallest absolute Gasteiger partial charge is 0.247 e. The third-order valence-corrected chi connectivity index (χ3v) is 5.42. The Hall–Kier alpha value is -2.86. The lowest BCUT2D eigenvalue weighted by atomic mass is 10.1. The molecule has 158 valence electrons. The number of carbonyl (C=O) groups excluding carboxylic acids is 1. The van der Waals surface area contributed by atoms with Crippen molar-refractivity contribution < 1.29 is 23.7 Å². The lowest BCUT2D eigenvalue weighted by Crippen LogP contribution is -2.31. The van der Waals surface area contributed by atoms with Gasteiger partial charge in [0.25, 0.3) is 0 Å². The number of ether oxygens (including phenoxy) is 4. The van der Waals surface area contributed by atoms with E-state index in [0.29, 0.717) is 42.0 Å². The van der Waals surface area contributed by atoms with E-state index in [2.05, 4.69) is 0 Å². The van der Waals surface area contributed by atoms with E-state index >= 15 is 0 Å². The van der Waals surface area contributed by atoms with Crippen LogP contribution in [0.1, 0.15) is 24.0 Å². The fraction of sp³-hybridized carbons (Fsp3) is 0.348. The molecule has 0 spiro atoms. The summed E-state index contributed by atoms with van der Waals surface area (Å²) in [6, 6.07) is 9.49. The summed E-state index contributed by atoms with van der Waals surface area (Å²) in [5.41, 5.74) is 1.73. The maximum absolute atomic E-state index is 13.0. The first-order valence-corrected chi connectivity index (χ1v) is 10.3. The molecular weight excluding hydrogens is 406 g/mol. The van der Waals surface area contributed by atoms with Crippen LogP contribution < -0.4 is 18.9 Å². The van der Waals surface area contributed by atoms with Gasteiger partial charge >= 0.3 is 0 Å². The van der Waals surface area contributed by atoms with Gasteiger partial charge in [0.2, 0.25) is 5.91 Å². The van der Waals surface area contributed by atoms with Gasteiger partial charge in [-0.3, -0.25) is 4.79 Å². The summed E-state index contributed by atoms with van der Waals surface area (Å²) in [5, 5.41) is 0.473. The molecule has 0 unspecified atom stereocenters. The number of nitrogens with zero attached hydrogens (tertiary/aromatic N) is 1. The van der Waals surface area contributed by atoms with Crippen molar-refractivity contribution in [3.05, 3.63) is 52.6 Å². The van der Waals surface area contributed by atoms with Gasteiger partial charge in [0.1, 0.15) is 24.7 Å². The van der Waals surface area contributed by atoms with Crippen LogP contribution in [0.25, 0.3) is 6.08 Å². The van der Waals surface area contributed by atoms with Crippen LogP contribution in [-0.4, -0.2) is 44.3 Å². The molecule has 1 fully saturated rings. The second kappa shape index (κ2) is 8.88. The summed E-state index contributed by atoms with van der Waals surface area (Å²) in [6.45, 7) is 1.43. The lowest BCUT2D eigenvalue weighted by molar-refractivity contribution is -0.127. The summed E-state index contributed by atoms with van der Waals surface area (Å²) in [7, 11) is 3.23. The Balaban J connectivity index is 1.52. The molecule has 0 N–H and O–H groups in total. The third kappa shape index (κ3) is 4.49. The van der Waals surface area contributed by atoms with Crippen LogP contribution in [0.2, 0.25) is 5.02 Å². The van der Waals surface area contributed by atoms with Crippen molar-refractivity contribution >= 4 is 23.6 Å². The first-order chi connectivity index (χ1) is 14.6. The number of methoxy groups -OCH3 is 2. The molecule has 1 amide bonds. The highest BCUT2D eigenvalue weighted by Crippen LogP contribution is 2.39. The van der Waals surface area contributed by atoms with Crippen LogP contribution in [0.4, 0.5) is 0 Å². The molecule has 1 heterocycles. The Morgan fingerprint density at radius 3 is 2.70 bits per heavy atom. The molecule has 0 saturated heterocycles. The molecule has 7 heteroatoms. The van der Waals surface area contributed by atoms with E-state index in [1.165, 1.54) is 0 Å². The van der Waals surface area contributed by atoms with Gasteiger partial charge in [0.15, 0.2) is 11.5 Å². The molecule has 1 aliphatic heterocycles. The Morgan fingerprint density at radius 1 is 1.17 bits per heavy atom. The number of amides is 1. The van der Waals surface area contributed by atoms with Crippen molar-refractivity contribution in [2.45, 2.75) is 25.4 Å². The number of carbonyl (C=O) groups is 1. The van der Waals surface area contributed by atoms with E-state index in [4.69, 9.17) is 30.5 Å². The molecule has 1 saturated carbocycles. The average Bonchev–Trinajstić information content (AvgIpc) is 3.61. The molecule has 0 aromatic heterocycles. The Kier molecular flexibility index (Phi) is 6.04. The number of fused-ring (bicyclic) bond motifs is 1. The fourth-order valence-electron chi connectivity index (χ4n) is 3.43. The number of halogens is 1. The first kappa shape index (κ1) is 20.4. The minimum absolute atomic E-state index is 0.0543. The Morgan fingerprint density at radius 2 is 1.97 bits per heavy atom. The van der Waals surface area contributed by atoms with Crippen molar-refractivity contribution in [2.75, 3.05) is 27.4 Å². The predicted molar refractivity (Wildman–Crippen MR) is 115 cm³/mol. The van der Waals surface area contributed by atoms with Gasteiger partial charge in [0, 0.05) is 30.3 Å². The highest BCUT2D eigenvalue weighted by molar-refractivity contribution is 6.32. The second-order valence-corrected chi connectivity index (χ2v) is 7.64. The minimum atomic E-state index is -0.0543. The molecule has 2 aromatic carbocycles. The van der Waals surface area contributed by atoms with E-state index in [1.807, 2.05) is 29.2 Å². The van der Waals surface area contributed by atoms with Gasteiger partial charge in [-0.2, -0.15) is 0 Å². The SMILES string of the molecule is COc1ccc(CN(C(=O)C=Cc2cc(Cl)c3c(c2)OCCO3)C2CC2)c(OC)c1. The number of hydrogen-bond donors (Lipinski definition) is 0.